The summed E-state index contributed by atoms with van der Waals surface area (Å²) in [6.07, 6.45) is 2.08. The highest BCUT2D eigenvalue weighted by molar-refractivity contribution is 5.78. The van der Waals surface area contributed by atoms with Gasteiger partial charge in [0.05, 0.1) is 0 Å². The lowest BCUT2D eigenvalue weighted by Crippen LogP contribution is -2.39. The van der Waals surface area contributed by atoms with Crippen molar-refractivity contribution in [3.05, 3.63) is 0 Å². The van der Waals surface area contributed by atoms with E-state index in [4.69, 9.17) is 0 Å². The second kappa shape index (κ2) is 7.80. The van der Waals surface area contributed by atoms with Gasteiger partial charge in [-0.05, 0) is 19.9 Å². The van der Waals surface area contributed by atoms with Crippen LogP contribution in [-0.2, 0) is 4.79 Å². The number of hydrogen-bond acceptors (Lipinski definition) is 2. The molecule has 0 bridgehead atoms. The molecule has 0 heterocycles. The Morgan fingerprint density at radius 1 is 1.29 bits per heavy atom. The third kappa shape index (κ3) is 4.61. The molecule has 3 heteroatoms. The predicted octanol–water partition coefficient (Wildman–Crippen LogP) is 1.49. The van der Waals surface area contributed by atoms with Gasteiger partial charge in [-0.15, -0.1) is 0 Å². The molecule has 0 saturated heterocycles. The largest absolute Gasteiger partial charge is 0.342 e. The second-order valence-electron chi connectivity index (χ2n) is 3.78. The smallest absolute Gasteiger partial charge is 0.226 e. The number of nitrogens with zero attached hydrogens (tertiary/aromatic N) is 1. The molecule has 1 unspecified atom stereocenters. The average molecular weight is 200 g/mol. The van der Waals surface area contributed by atoms with Crippen molar-refractivity contribution >= 4 is 5.91 Å². The molecule has 0 saturated carbocycles. The molecule has 14 heavy (non-hydrogen) atoms. The molecule has 1 N–H and O–H groups in total. The van der Waals surface area contributed by atoms with Crippen molar-refractivity contribution in [2.24, 2.45) is 5.92 Å². The zero-order valence-corrected chi connectivity index (χ0v) is 9.97. The maximum atomic E-state index is 11.9. The van der Waals surface area contributed by atoms with Gasteiger partial charge >= 0.3 is 0 Å². The first kappa shape index (κ1) is 13.4. The van der Waals surface area contributed by atoms with Gasteiger partial charge in [0, 0.05) is 25.6 Å². The third-order valence-electron chi connectivity index (χ3n) is 2.23. The second-order valence-corrected chi connectivity index (χ2v) is 3.78. The Morgan fingerprint density at radius 2 is 1.79 bits per heavy atom. The lowest BCUT2D eigenvalue weighted by atomic mass is 10.1. The van der Waals surface area contributed by atoms with Crippen molar-refractivity contribution in [3.8, 4) is 0 Å². The molecule has 0 spiro atoms. The van der Waals surface area contributed by atoms with Crippen LogP contribution in [0.5, 0.6) is 0 Å². The first-order chi connectivity index (χ1) is 6.67. The lowest BCUT2D eigenvalue weighted by Gasteiger charge is -2.24. The van der Waals surface area contributed by atoms with Crippen molar-refractivity contribution in [3.63, 3.8) is 0 Å². The Balaban J connectivity index is 4.11. The number of hydrogen-bond donors (Lipinski definition) is 1. The normalized spacial score (nSPS) is 12.6. The number of carbonyl (C=O) groups excluding carboxylic acids is 1. The van der Waals surface area contributed by atoms with Crippen LogP contribution in [0.3, 0.4) is 0 Å². The molecule has 0 aliphatic heterocycles. The zero-order chi connectivity index (χ0) is 11.0. The SMILES string of the molecule is CCCN(CCC)C(=O)C(C)CNC. The summed E-state index contributed by atoms with van der Waals surface area (Å²) in [5, 5.41) is 3.04. The van der Waals surface area contributed by atoms with Crippen molar-refractivity contribution < 1.29 is 4.79 Å². The monoisotopic (exact) mass is 200 g/mol. The van der Waals surface area contributed by atoms with Gasteiger partial charge in [0.15, 0.2) is 0 Å². The van der Waals surface area contributed by atoms with Gasteiger partial charge in [-0.2, -0.15) is 0 Å². The third-order valence-corrected chi connectivity index (χ3v) is 2.23. The number of rotatable bonds is 7. The van der Waals surface area contributed by atoms with Crippen LogP contribution in [0.15, 0.2) is 0 Å². The number of amides is 1. The minimum absolute atomic E-state index is 0.0955. The van der Waals surface area contributed by atoms with Crippen LogP contribution in [0.4, 0.5) is 0 Å². The molecule has 0 aliphatic rings. The molecule has 1 atom stereocenters. The minimum Gasteiger partial charge on any atom is -0.342 e. The maximum absolute atomic E-state index is 11.9. The van der Waals surface area contributed by atoms with E-state index in [0.717, 1.165) is 32.5 Å². The van der Waals surface area contributed by atoms with Gasteiger partial charge in [0.25, 0.3) is 0 Å². The van der Waals surface area contributed by atoms with Crippen LogP contribution in [0.1, 0.15) is 33.6 Å². The van der Waals surface area contributed by atoms with Crippen molar-refractivity contribution in [1.82, 2.24) is 10.2 Å². The quantitative estimate of drug-likeness (QED) is 0.675. The van der Waals surface area contributed by atoms with E-state index in [2.05, 4.69) is 19.2 Å². The molecular weight excluding hydrogens is 176 g/mol. The van der Waals surface area contributed by atoms with Crippen LogP contribution >= 0.6 is 0 Å². The number of nitrogens with one attached hydrogen (secondary N) is 1. The van der Waals surface area contributed by atoms with Crippen molar-refractivity contribution in [2.75, 3.05) is 26.7 Å². The summed E-state index contributed by atoms with van der Waals surface area (Å²) < 4.78 is 0. The fraction of sp³-hybridized carbons (Fsp3) is 0.909. The molecule has 0 radical (unpaired) electrons. The Bertz CT molecular complexity index is 153. The fourth-order valence-corrected chi connectivity index (χ4v) is 1.58. The zero-order valence-electron chi connectivity index (χ0n) is 9.97. The Morgan fingerprint density at radius 3 is 2.14 bits per heavy atom. The average Bonchev–Trinajstić information content (AvgIpc) is 2.17. The van der Waals surface area contributed by atoms with E-state index in [1.165, 1.54) is 0 Å². The molecule has 1 amide bonds. The van der Waals surface area contributed by atoms with Crippen LogP contribution in [0, 0.1) is 5.92 Å². The fourth-order valence-electron chi connectivity index (χ4n) is 1.58. The van der Waals surface area contributed by atoms with E-state index in [0.29, 0.717) is 0 Å². The summed E-state index contributed by atoms with van der Waals surface area (Å²) in [6.45, 7) is 8.75. The summed E-state index contributed by atoms with van der Waals surface area (Å²) in [5.41, 5.74) is 0. The van der Waals surface area contributed by atoms with Gasteiger partial charge in [-0.1, -0.05) is 20.8 Å². The van der Waals surface area contributed by atoms with Gasteiger partial charge in [-0.25, -0.2) is 0 Å². The Hall–Kier alpha value is -0.570. The molecule has 0 aromatic heterocycles. The molecular formula is C11H24N2O. The van der Waals surface area contributed by atoms with E-state index < -0.39 is 0 Å². The van der Waals surface area contributed by atoms with Crippen molar-refractivity contribution in [1.29, 1.82) is 0 Å². The van der Waals surface area contributed by atoms with Crippen LogP contribution in [-0.4, -0.2) is 37.5 Å². The highest BCUT2D eigenvalue weighted by atomic mass is 16.2. The van der Waals surface area contributed by atoms with Gasteiger partial charge < -0.3 is 10.2 Å². The summed E-state index contributed by atoms with van der Waals surface area (Å²) in [5.74, 6) is 0.376. The summed E-state index contributed by atoms with van der Waals surface area (Å²) in [7, 11) is 1.88. The van der Waals surface area contributed by atoms with Crippen LogP contribution in [0.25, 0.3) is 0 Å². The summed E-state index contributed by atoms with van der Waals surface area (Å²) in [6, 6.07) is 0. The van der Waals surface area contributed by atoms with Gasteiger partial charge in [-0.3, -0.25) is 4.79 Å². The van der Waals surface area contributed by atoms with Crippen LogP contribution in [0.2, 0.25) is 0 Å². The van der Waals surface area contributed by atoms with Gasteiger partial charge in [0.1, 0.15) is 0 Å². The lowest BCUT2D eigenvalue weighted by molar-refractivity contribution is -0.134. The minimum atomic E-state index is 0.0955. The number of carbonyl (C=O) groups is 1. The predicted molar refractivity (Wildman–Crippen MR) is 60.3 cm³/mol. The van der Waals surface area contributed by atoms with E-state index in [-0.39, 0.29) is 11.8 Å². The highest BCUT2D eigenvalue weighted by Crippen LogP contribution is 2.03. The Labute approximate surface area is 87.9 Å². The molecule has 0 aliphatic carbocycles. The molecule has 0 aromatic carbocycles. The van der Waals surface area contributed by atoms with Crippen LogP contribution < -0.4 is 5.32 Å². The van der Waals surface area contributed by atoms with E-state index in [1.807, 2.05) is 18.9 Å². The molecule has 0 rings (SSSR count). The first-order valence-electron chi connectivity index (χ1n) is 5.60. The maximum Gasteiger partial charge on any atom is 0.226 e. The van der Waals surface area contributed by atoms with Crippen molar-refractivity contribution in [2.45, 2.75) is 33.6 Å². The first-order valence-corrected chi connectivity index (χ1v) is 5.60. The standard InChI is InChI=1S/C11H24N2O/c1-5-7-13(8-6-2)11(14)10(3)9-12-4/h10,12H,5-9H2,1-4H3. The van der Waals surface area contributed by atoms with E-state index >= 15 is 0 Å². The summed E-state index contributed by atoms with van der Waals surface area (Å²) >= 11 is 0. The van der Waals surface area contributed by atoms with E-state index in [1.54, 1.807) is 0 Å². The summed E-state index contributed by atoms with van der Waals surface area (Å²) in [4.78, 5) is 13.9. The molecule has 84 valence electrons. The van der Waals surface area contributed by atoms with Gasteiger partial charge in [0.2, 0.25) is 5.91 Å². The molecule has 0 fully saturated rings. The molecule has 0 aromatic rings. The van der Waals surface area contributed by atoms with E-state index in [9.17, 15) is 4.79 Å². The topological polar surface area (TPSA) is 32.3 Å². The Kier molecular flexibility index (Phi) is 7.48. The highest BCUT2D eigenvalue weighted by Gasteiger charge is 2.18. The molecule has 3 nitrogen and oxygen atoms in total.